The van der Waals surface area contributed by atoms with Crippen LogP contribution in [0.3, 0.4) is 0 Å². The molecule has 178 valence electrons. The summed E-state index contributed by atoms with van der Waals surface area (Å²) in [5.74, 6) is -1.96. The summed E-state index contributed by atoms with van der Waals surface area (Å²) < 4.78 is 0. The van der Waals surface area contributed by atoms with E-state index in [2.05, 4.69) is 12.2 Å². The molecule has 4 aliphatic carbocycles. The van der Waals surface area contributed by atoms with E-state index in [4.69, 9.17) is 23.2 Å². The second-order valence-electron chi connectivity index (χ2n) is 9.92. The largest absolute Gasteiger partial charge is 0.292 e. The maximum Gasteiger partial charge on any atom is 0.273 e. The second-order valence-corrected chi connectivity index (χ2v) is 10.7. The molecule has 1 heterocycles. The van der Waals surface area contributed by atoms with Crippen LogP contribution in [-0.4, -0.2) is 40.1 Å². The van der Waals surface area contributed by atoms with Gasteiger partial charge >= 0.3 is 0 Å². The maximum atomic E-state index is 13.7. The highest BCUT2D eigenvalue weighted by atomic mass is 35.5. The van der Waals surface area contributed by atoms with Crippen molar-refractivity contribution in [1.29, 1.82) is 0 Å². The first-order valence-electron chi connectivity index (χ1n) is 11.7. The molecule has 2 aromatic carbocycles. The molecule has 0 unspecified atom stereocenters. The number of Topliss-reactive ketones (excluding diaryl/α,β-unsaturated/α-hetero) is 1. The van der Waals surface area contributed by atoms with Crippen LogP contribution < -0.4 is 0 Å². The van der Waals surface area contributed by atoms with Gasteiger partial charge in [0.05, 0.1) is 21.9 Å². The van der Waals surface area contributed by atoms with Crippen molar-refractivity contribution in [3.63, 3.8) is 0 Å². The smallest absolute Gasteiger partial charge is 0.273 e. The van der Waals surface area contributed by atoms with Crippen LogP contribution in [0.1, 0.15) is 32.7 Å². The zero-order valence-corrected chi connectivity index (χ0v) is 20.4. The standard InChI is InChI=1S/C27H22Cl2N2O4/c1-13-2-4-14(5-3-13)22(32)12-30(25(33)15-6-9-20(28)21(29)10-15)31-26(34)23-16-7-8-17(19-11-18(16)19)24(23)27(31)35/h2-10,16-19,23-24H,11-12H2,1H3/t16-,17-,18-,19-,23-,24+/m1/s1. The van der Waals surface area contributed by atoms with Gasteiger partial charge in [-0.3, -0.25) is 19.2 Å². The number of hydrogen-bond acceptors (Lipinski definition) is 4. The Labute approximate surface area is 212 Å². The van der Waals surface area contributed by atoms with E-state index < -0.39 is 36.1 Å². The molecule has 2 bridgehead atoms. The number of nitrogens with zero attached hydrogens (tertiary/aromatic N) is 2. The quantitative estimate of drug-likeness (QED) is 0.336. The summed E-state index contributed by atoms with van der Waals surface area (Å²) in [4.78, 5) is 54.2. The van der Waals surface area contributed by atoms with Gasteiger partial charge in [-0.05, 0) is 55.2 Å². The van der Waals surface area contributed by atoms with Crippen LogP contribution in [0.15, 0.2) is 54.6 Å². The van der Waals surface area contributed by atoms with Gasteiger partial charge in [-0.2, -0.15) is 5.01 Å². The van der Waals surface area contributed by atoms with E-state index in [1.807, 2.05) is 6.92 Å². The van der Waals surface area contributed by atoms with Crippen molar-refractivity contribution < 1.29 is 19.2 Å². The SMILES string of the molecule is Cc1ccc(C(=O)CN(C(=O)c2ccc(Cl)c(Cl)c2)N2C(=O)[C@@H]3[C@@H]4C=C[C@H]([C@H]5C[C@H]45)[C@@H]3C2=O)cc1. The summed E-state index contributed by atoms with van der Waals surface area (Å²) in [6.45, 7) is 1.46. The molecule has 1 aliphatic heterocycles. The van der Waals surface area contributed by atoms with Crippen molar-refractivity contribution in [2.75, 3.05) is 6.54 Å². The fourth-order valence-corrected chi connectivity index (χ4v) is 6.46. The minimum atomic E-state index is -0.658. The number of halogens is 2. The number of hydrazine groups is 1. The Bertz CT molecular complexity index is 1280. The molecule has 8 heteroatoms. The zero-order chi connectivity index (χ0) is 24.6. The lowest BCUT2D eigenvalue weighted by atomic mass is 9.63. The number of amides is 3. The van der Waals surface area contributed by atoms with Crippen LogP contribution in [-0.2, 0) is 9.59 Å². The lowest BCUT2D eigenvalue weighted by Crippen LogP contribution is -2.52. The first-order valence-corrected chi connectivity index (χ1v) is 12.4. The fourth-order valence-electron chi connectivity index (χ4n) is 6.16. The van der Waals surface area contributed by atoms with E-state index in [1.165, 1.54) is 18.2 Å². The number of ketones is 1. The number of benzene rings is 2. The van der Waals surface area contributed by atoms with Crippen molar-refractivity contribution in [3.05, 3.63) is 81.4 Å². The van der Waals surface area contributed by atoms with Crippen molar-refractivity contribution >= 4 is 46.7 Å². The second kappa shape index (κ2) is 8.04. The third kappa shape index (κ3) is 3.46. The van der Waals surface area contributed by atoms with E-state index in [9.17, 15) is 19.2 Å². The predicted octanol–water partition coefficient (Wildman–Crippen LogP) is 4.60. The molecule has 0 radical (unpaired) electrons. The monoisotopic (exact) mass is 508 g/mol. The van der Waals surface area contributed by atoms with Crippen LogP contribution >= 0.6 is 23.2 Å². The van der Waals surface area contributed by atoms with E-state index in [0.717, 1.165) is 22.0 Å². The number of hydrogen-bond donors (Lipinski definition) is 0. The first kappa shape index (κ1) is 22.5. The van der Waals surface area contributed by atoms with Crippen LogP contribution in [0.25, 0.3) is 0 Å². The number of aryl methyl sites for hydroxylation is 1. The summed E-state index contributed by atoms with van der Waals surface area (Å²) in [6.07, 6.45) is 5.17. The summed E-state index contributed by atoms with van der Waals surface area (Å²) in [6, 6.07) is 11.3. The van der Waals surface area contributed by atoms with Gasteiger partial charge < -0.3 is 0 Å². The average Bonchev–Trinajstić information content (AvgIpc) is 3.63. The molecule has 2 saturated carbocycles. The van der Waals surface area contributed by atoms with Crippen LogP contribution in [0.4, 0.5) is 0 Å². The molecule has 2 aromatic rings. The molecule has 7 rings (SSSR count). The van der Waals surface area contributed by atoms with Gasteiger partial charge in [0.1, 0.15) is 6.54 Å². The van der Waals surface area contributed by atoms with Crippen LogP contribution in [0.5, 0.6) is 0 Å². The Morgan fingerprint density at radius 1 is 0.886 bits per heavy atom. The molecular weight excluding hydrogens is 487 g/mol. The Kier molecular flexibility index (Phi) is 5.17. The third-order valence-electron chi connectivity index (χ3n) is 7.95. The van der Waals surface area contributed by atoms with Crippen molar-refractivity contribution in [2.45, 2.75) is 13.3 Å². The molecule has 35 heavy (non-hydrogen) atoms. The highest BCUT2D eigenvalue weighted by Gasteiger charge is 2.68. The van der Waals surface area contributed by atoms with E-state index in [-0.39, 0.29) is 33.2 Å². The van der Waals surface area contributed by atoms with Crippen molar-refractivity contribution in [3.8, 4) is 0 Å². The van der Waals surface area contributed by atoms with Gasteiger partial charge in [0.15, 0.2) is 5.78 Å². The highest BCUT2D eigenvalue weighted by Crippen LogP contribution is 2.65. The number of allylic oxidation sites excluding steroid dienone is 2. The zero-order valence-electron chi connectivity index (χ0n) is 18.9. The molecule has 3 fully saturated rings. The van der Waals surface area contributed by atoms with Gasteiger partial charge in [-0.1, -0.05) is 65.2 Å². The number of carbonyl (C=O) groups excluding carboxylic acids is 4. The molecule has 1 saturated heterocycles. The molecule has 0 aromatic heterocycles. The van der Waals surface area contributed by atoms with Crippen molar-refractivity contribution in [2.24, 2.45) is 35.5 Å². The molecule has 0 N–H and O–H groups in total. The molecule has 6 atom stereocenters. The fraction of sp³-hybridized carbons (Fsp3) is 0.333. The molecule has 6 nitrogen and oxygen atoms in total. The van der Waals surface area contributed by atoms with Gasteiger partial charge in [-0.25, -0.2) is 5.01 Å². The highest BCUT2D eigenvalue weighted by molar-refractivity contribution is 6.42. The summed E-state index contributed by atoms with van der Waals surface area (Å²) in [5, 5.41) is 2.36. The van der Waals surface area contributed by atoms with Crippen LogP contribution in [0.2, 0.25) is 10.0 Å². The predicted molar refractivity (Wildman–Crippen MR) is 130 cm³/mol. The number of imide groups is 1. The number of carbonyl (C=O) groups is 4. The summed E-state index contributed by atoms with van der Waals surface area (Å²) >= 11 is 12.2. The van der Waals surface area contributed by atoms with E-state index in [1.54, 1.807) is 24.3 Å². The average molecular weight is 509 g/mol. The molecule has 3 amide bonds. The maximum absolute atomic E-state index is 13.7. The van der Waals surface area contributed by atoms with E-state index in [0.29, 0.717) is 17.4 Å². The lowest BCUT2D eigenvalue weighted by molar-refractivity contribution is -0.154. The Morgan fingerprint density at radius 2 is 1.46 bits per heavy atom. The third-order valence-corrected chi connectivity index (χ3v) is 8.69. The Hall–Kier alpha value is -2.96. The Morgan fingerprint density at radius 3 is 2.03 bits per heavy atom. The Balaban J connectivity index is 1.37. The van der Waals surface area contributed by atoms with Gasteiger partial charge in [0.25, 0.3) is 17.7 Å². The molecular formula is C27H22Cl2N2O4. The van der Waals surface area contributed by atoms with E-state index >= 15 is 0 Å². The van der Waals surface area contributed by atoms with Crippen LogP contribution in [0, 0.1) is 42.4 Å². The number of rotatable bonds is 5. The molecule has 5 aliphatic rings. The van der Waals surface area contributed by atoms with Gasteiger partial charge in [0, 0.05) is 11.1 Å². The van der Waals surface area contributed by atoms with Crippen molar-refractivity contribution in [1.82, 2.24) is 10.0 Å². The summed E-state index contributed by atoms with van der Waals surface area (Å²) in [7, 11) is 0. The lowest BCUT2D eigenvalue weighted by Gasteiger charge is -2.37. The van der Waals surface area contributed by atoms with Gasteiger partial charge in [-0.15, -0.1) is 0 Å². The van der Waals surface area contributed by atoms with Gasteiger partial charge in [0.2, 0.25) is 0 Å². The topological polar surface area (TPSA) is 74.8 Å². The first-order chi connectivity index (χ1) is 16.8. The summed E-state index contributed by atoms with van der Waals surface area (Å²) in [5.41, 5.74) is 1.51. The minimum absolute atomic E-state index is 0.00572. The molecule has 0 spiro atoms. The normalized spacial score (nSPS) is 29.7. The minimum Gasteiger partial charge on any atom is -0.292 e.